The maximum Gasteiger partial charge on any atom is 0.308 e. The van der Waals surface area contributed by atoms with Crippen molar-refractivity contribution in [1.29, 1.82) is 0 Å². The Labute approximate surface area is 112 Å². The van der Waals surface area contributed by atoms with Gasteiger partial charge in [0.1, 0.15) is 0 Å². The number of halogens is 2. The topological polar surface area (TPSA) is 44.8 Å². The van der Waals surface area contributed by atoms with Crippen molar-refractivity contribution >= 4 is 5.97 Å². The first-order valence-electron chi connectivity index (χ1n) is 6.52. The maximum absolute atomic E-state index is 13.9. The third-order valence-corrected chi connectivity index (χ3v) is 3.85. The molecule has 0 amide bonds. The number of rotatable bonds is 6. The average Bonchev–Trinajstić information content (AvgIpc) is 2.45. The van der Waals surface area contributed by atoms with E-state index in [4.69, 9.17) is 4.74 Å². The Morgan fingerprint density at radius 1 is 1.21 bits per heavy atom. The van der Waals surface area contributed by atoms with Crippen molar-refractivity contribution in [3.8, 4) is 0 Å². The molecule has 0 spiro atoms. The number of esters is 1. The molecule has 0 radical (unpaired) electrons. The lowest BCUT2D eigenvalue weighted by Gasteiger charge is -2.42. The first kappa shape index (κ1) is 16.3. The Kier molecular flexibility index (Phi) is 6.13. The number of carbonyl (C=O) groups excluding carboxylic acids is 1. The Morgan fingerprint density at radius 2 is 1.68 bits per heavy atom. The highest BCUT2D eigenvalue weighted by molar-refractivity contribution is 5.72. The smallest absolute Gasteiger partial charge is 0.308 e. The van der Waals surface area contributed by atoms with Crippen LogP contribution in [0.5, 0.6) is 0 Å². The summed E-state index contributed by atoms with van der Waals surface area (Å²) in [5.41, 5.74) is -1.33. The summed E-state index contributed by atoms with van der Waals surface area (Å²) in [5, 5.41) is 0. The number of hydrogen-bond donors (Lipinski definition) is 0. The molecule has 4 nitrogen and oxygen atoms in total. The van der Waals surface area contributed by atoms with Crippen LogP contribution in [0.2, 0.25) is 0 Å². The second kappa shape index (κ2) is 7.14. The van der Waals surface area contributed by atoms with Gasteiger partial charge in [-0.25, -0.2) is 8.78 Å². The molecule has 6 heteroatoms. The molecule has 0 aromatic rings. The lowest BCUT2D eigenvalue weighted by atomic mass is 9.70. The van der Waals surface area contributed by atoms with Gasteiger partial charge in [0.2, 0.25) is 12.7 Å². The molecule has 1 fully saturated rings. The van der Waals surface area contributed by atoms with E-state index in [-0.39, 0.29) is 24.7 Å². The standard InChI is InChI=1S/C13H22F2O4/c1-4-19-10(16)9-5-7-13(8-6-9,11(14)17-2)12(15)18-3/h9,11-12H,4-8H2,1-3H3. The maximum atomic E-state index is 13.9. The van der Waals surface area contributed by atoms with Crippen molar-refractivity contribution in [2.24, 2.45) is 11.3 Å². The Hall–Kier alpha value is -0.750. The summed E-state index contributed by atoms with van der Waals surface area (Å²) in [4.78, 5) is 11.6. The molecule has 0 heterocycles. The summed E-state index contributed by atoms with van der Waals surface area (Å²) in [6, 6.07) is 0. The van der Waals surface area contributed by atoms with Crippen molar-refractivity contribution in [2.45, 2.75) is 45.3 Å². The Bertz CT molecular complexity index is 278. The molecule has 19 heavy (non-hydrogen) atoms. The van der Waals surface area contributed by atoms with E-state index in [0.29, 0.717) is 19.4 Å². The summed E-state index contributed by atoms with van der Waals surface area (Å²) in [6.07, 6.45) is -2.34. The van der Waals surface area contributed by atoms with Crippen LogP contribution in [-0.2, 0) is 19.0 Å². The van der Waals surface area contributed by atoms with E-state index in [1.165, 1.54) is 14.2 Å². The molecular formula is C13H22F2O4. The van der Waals surface area contributed by atoms with E-state index in [1.807, 2.05) is 0 Å². The summed E-state index contributed by atoms with van der Waals surface area (Å²) < 4.78 is 42.1. The summed E-state index contributed by atoms with van der Waals surface area (Å²) in [7, 11) is 2.40. The predicted octanol–water partition coefficient (Wildman–Crippen LogP) is 2.61. The zero-order chi connectivity index (χ0) is 14.5. The van der Waals surface area contributed by atoms with Gasteiger partial charge >= 0.3 is 5.97 Å². The molecular weight excluding hydrogens is 258 g/mol. The van der Waals surface area contributed by atoms with E-state index in [1.54, 1.807) is 6.92 Å². The zero-order valence-corrected chi connectivity index (χ0v) is 11.7. The first-order valence-corrected chi connectivity index (χ1v) is 6.52. The summed E-state index contributed by atoms with van der Waals surface area (Å²) >= 11 is 0. The minimum atomic E-state index is -1.74. The van der Waals surface area contributed by atoms with Crippen LogP contribution in [0, 0.1) is 11.3 Å². The molecule has 1 rings (SSSR count). The predicted molar refractivity (Wildman–Crippen MR) is 64.8 cm³/mol. The fourth-order valence-electron chi connectivity index (χ4n) is 2.68. The van der Waals surface area contributed by atoms with Gasteiger partial charge in [-0.15, -0.1) is 0 Å². The normalized spacial score (nSPS) is 30.7. The molecule has 1 aliphatic rings. The van der Waals surface area contributed by atoms with E-state index in [0.717, 1.165) is 0 Å². The molecule has 0 bridgehead atoms. The van der Waals surface area contributed by atoms with Gasteiger partial charge in [-0.3, -0.25) is 4.79 Å². The fraction of sp³-hybridized carbons (Fsp3) is 0.923. The number of ether oxygens (including phenoxy) is 3. The molecule has 2 unspecified atom stereocenters. The van der Waals surface area contributed by atoms with Gasteiger partial charge in [0.25, 0.3) is 0 Å². The van der Waals surface area contributed by atoms with Crippen LogP contribution >= 0.6 is 0 Å². The summed E-state index contributed by atoms with van der Waals surface area (Å²) in [5.74, 6) is -0.585. The average molecular weight is 280 g/mol. The third kappa shape index (κ3) is 3.42. The van der Waals surface area contributed by atoms with Crippen molar-refractivity contribution in [3.63, 3.8) is 0 Å². The minimum Gasteiger partial charge on any atom is -0.466 e. The highest BCUT2D eigenvalue weighted by Gasteiger charge is 2.51. The molecule has 1 aliphatic carbocycles. The number of alkyl halides is 2. The number of hydrogen-bond acceptors (Lipinski definition) is 4. The van der Waals surface area contributed by atoms with Gasteiger partial charge < -0.3 is 14.2 Å². The molecule has 2 atom stereocenters. The summed E-state index contributed by atoms with van der Waals surface area (Å²) in [6.45, 7) is 2.05. The van der Waals surface area contributed by atoms with Gasteiger partial charge in [0.15, 0.2) is 0 Å². The van der Waals surface area contributed by atoms with Crippen molar-refractivity contribution < 1.29 is 27.8 Å². The molecule has 0 N–H and O–H groups in total. The Balaban J connectivity index is 2.72. The van der Waals surface area contributed by atoms with Crippen LogP contribution in [0.25, 0.3) is 0 Å². The van der Waals surface area contributed by atoms with Crippen molar-refractivity contribution in [1.82, 2.24) is 0 Å². The molecule has 0 aromatic carbocycles. The van der Waals surface area contributed by atoms with Crippen LogP contribution in [0.15, 0.2) is 0 Å². The molecule has 0 aromatic heterocycles. The fourth-order valence-corrected chi connectivity index (χ4v) is 2.68. The van der Waals surface area contributed by atoms with Crippen molar-refractivity contribution in [3.05, 3.63) is 0 Å². The van der Waals surface area contributed by atoms with Crippen LogP contribution in [0.3, 0.4) is 0 Å². The lowest BCUT2D eigenvalue weighted by Crippen LogP contribution is -2.46. The SMILES string of the molecule is CCOC(=O)C1CCC(C(F)OC)(C(F)OC)CC1. The minimum absolute atomic E-state index is 0.195. The van der Waals surface area contributed by atoms with E-state index >= 15 is 0 Å². The highest BCUT2D eigenvalue weighted by Crippen LogP contribution is 2.47. The molecule has 0 saturated heterocycles. The quantitative estimate of drug-likeness (QED) is 0.702. The first-order chi connectivity index (χ1) is 9.01. The van der Waals surface area contributed by atoms with Crippen LogP contribution in [0.4, 0.5) is 8.78 Å². The Morgan fingerprint density at radius 3 is 2.05 bits per heavy atom. The van der Waals surface area contributed by atoms with Crippen LogP contribution < -0.4 is 0 Å². The van der Waals surface area contributed by atoms with Gasteiger partial charge in [0.05, 0.1) is 17.9 Å². The van der Waals surface area contributed by atoms with E-state index in [9.17, 15) is 13.6 Å². The molecule has 1 saturated carbocycles. The van der Waals surface area contributed by atoms with Crippen molar-refractivity contribution in [2.75, 3.05) is 20.8 Å². The van der Waals surface area contributed by atoms with Gasteiger partial charge in [-0.05, 0) is 32.6 Å². The highest BCUT2D eigenvalue weighted by atomic mass is 19.2. The number of methoxy groups -OCH3 is 2. The third-order valence-electron chi connectivity index (χ3n) is 3.85. The second-order valence-corrected chi connectivity index (χ2v) is 4.86. The van der Waals surface area contributed by atoms with E-state index in [2.05, 4.69) is 9.47 Å². The second-order valence-electron chi connectivity index (χ2n) is 4.86. The largest absolute Gasteiger partial charge is 0.466 e. The van der Waals surface area contributed by atoms with Gasteiger partial charge in [-0.2, -0.15) is 0 Å². The van der Waals surface area contributed by atoms with Crippen LogP contribution in [-0.4, -0.2) is 39.5 Å². The van der Waals surface area contributed by atoms with E-state index < -0.39 is 18.1 Å². The lowest BCUT2D eigenvalue weighted by molar-refractivity contribution is -0.217. The molecule has 112 valence electrons. The monoisotopic (exact) mass is 280 g/mol. The molecule has 0 aliphatic heterocycles. The van der Waals surface area contributed by atoms with Gasteiger partial charge in [0, 0.05) is 14.2 Å². The van der Waals surface area contributed by atoms with Crippen LogP contribution in [0.1, 0.15) is 32.6 Å². The zero-order valence-electron chi connectivity index (χ0n) is 11.7. The number of carbonyl (C=O) groups is 1. The van der Waals surface area contributed by atoms with Gasteiger partial charge in [-0.1, -0.05) is 0 Å².